The molecule has 0 aliphatic heterocycles. The number of ether oxygens (including phenoxy) is 1. The summed E-state index contributed by atoms with van der Waals surface area (Å²) in [4.78, 5) is 29.0. The van der Waals surface area contributed by atoms with Crippen LogP contribution in [0.3, 0.4) is 0 Å². The van der Waals surface area contributed by atoms with Gasteiger partial charge in [0.1, 0.15) is 0 Å². The van der Waals surface area contributed by atoms with E-state index in [-0.39, 0.29) is 11.8 Å². The van der Waals surface area contributed by atoms with Crippen LogP contribution >= 0.6 is 0 Å². The monoisotopic (exact) mass is 433 g/mol. The highest BCUT2D eigenvalue weighted by Crippen LogP contribution is 2.28. The van der Waals surface area contributed by atoms with Crippen molar-refractivity contribution >= 4 is 22.8 Å². The van der Waals surface area contributed by atoms with Gasteiger partial charge in [0.05, 0.1) is 24.1 Å². The van der Waals surface area contributed by atoms with Gasteiger partial charge in [0.15, 0.2) is 11.4 Å². The molecule has 0 amide bonds. The van der Waals surface area contributed by atoms with Crippen LogP contribution in [-0.4, -0.2) is 34.0 Å². The number of rotatable bonds is 5. The summed E-state index contributed by atoms with van der Waals surface area (Å²) in [5.74, 6) is -0.389. The van der Waals surface area contributed by atoms with Gasteiger partial charge in [0.2, 0.25) is 0 Å². The zero-order valence-corrected chi connectivity index (χ0v) is 17.8. The third kappa shape index (κ3) is 3.90. The number of nitrogens with one attached hydrogen (secondary N) is 1. The van der Waals surface area contributed by atoms with Gasteiger partial charge in [-0.05, 0) is 24.3 Å². The summed E-state index contributed by atoms with van der Waals surface area (Å²) in [5.41, 5.74) is 5.74. The van der Waals surface area contributed by atoms with Crippen molar-refractivity contribution in [1.29, 1.82) is 0 Å². The van der Waals surface area contributed by atoms with Gasteiger partial charge < -0.3 is 4.74 Å². The fraction of sp³-hybridized carbons (Fsp3) is 0.0370. The lowest BCUT2D eigenvalue weighted by Gasteiger charge is -2.05. The number of hydrogen-bond acceptors (Lipinski definition) is 5. The van der Waals surface area contributed by atoms with Crippen molar-refractivity contribution in [3.63, 3.8) is 0 Å². The SMILES string of the molecule is COC(=O)c1ccc(-c2[nH]nc3nc(-c4ccc(C(=O)c5ccccc5)cc4)ccc23)cc1. The highest BCUT2D eigenvalue weighted by Gasteiger charge is 2.13. The minimum Gasteiger partial charge on any atom is -0.465 e. The summed E-state index contributed by atoms with van der Waals surface area (Å²) in [6.07, 6.45) is 0. The second-order valence-electron chi connectivity index (χ2n) is 7.51. The van der Waals surface area contributed by atoms with Gasteiger partial charge in [0.25, 0.3) is 0 Å². The molecule has 33 heavy (non-hydrogen) atoms. The molecule has 5 rings (SSSR count). The molecule has 5 aromatic rings. The molecule has 0 fully saturated rings. The molecule has 0 saturated heterocycles. The first-order chi connectivity index (χ1) is 16.1. The average molecular weight is 433 g/mol. The first kappa shape index (κ1) is 20.3. The number of esters is 1. The molecule has 3 aromatic carbocycles. The topological polar surface area (TPSA) is 84.9 Å². The lowest BCUT2D eigenvalue weighted by Crippen LogP contribution is -2.00. The number of nitrogens with zero attached hydrogens (tertiary/aromatic N) is 2. The number of aromatic amines is 1. The minimum absolute atomic E-state index is 0.0132. The Kier molecular flexibility index (Phi) is 5.24. The standard InChI is InChI=1S/C27H19N3O3/c1-33-27(32)21-13-9-18(10-14-21)24-22-15-16-23(28-26(22)30-29-24)17-7-11-20(12-8-17)25(31)19-5-3-2-4-6-19/h2-16H,1H3,(H,28,29,30). The maximum absolute atomic E-state index is 12.6. The Labute approximate surface area is 189 Å². The maximum Gasteiger partial charge on any atom is 0.337 e. The van der Waals surface area contributed by atoms with Crippen LogP contribution in [0.15, 0.2) is 91.0 Å². The third-order valence-corrected chi connectivity index (χ3v) is 5.49. The Bertz CT molecular complexity index is 1450. The molecular weight excluding hydrogens is 414 g/mol. The number of carbonyl (C=O) groups is 2. The third-order valence-electron chi connectivity index (χ3n) is 5.49. The largest absolute Gasteiger partial charge is 0.465 e. The van der Waals surface area contributed by atoms with Gasteiger partial charge >= 0.3 is 5.97 Å². The van der Waals surface area contributed by atoms with Crippen LogP contribution in [0.1, 0.15) is 26.3 Å². The van der Waals surface area contributed by atoms with Gasteiger partial charge in [0, 0.05) is 27.6 Å². The van der Waals surface area contributed by atoms with Crippen LogP contribution in [0.2, 0.25) is 0 Å². The normalized spacial score (nSPS) is 10.8. The van der Waals surface area contributed by atoms with Crippen molar-refractivity contribution in [1.82, 2.24) is 15.2 Å². The number of pyridine rings is 1. The Morgan fingerprint density at radius 1 is 0.727 bits per heavy atom. The van der Waals surface area contributed by atoms with Crippen LogP contribution in [0.4, 0.5) is 0 Å². The quantitative estimate of drug-likeness (QED) is 0.300. The van der Waals surface area contributed by atoms with Gasteiger partial charge in [-0.15, -0.1) is 0 Å². The summed E-state index contributed by atoms with van der Waals surface area (Å²) in [6.45, 7) is 0. The average Bonchev–Trinajstić information content (AvgIpc) is 3.32. The Morgan fingerprint density at radius 2 is 1.36 bits per heavy atom. The van der Waals surface area contributed by atoms with E-state index < -0.39 is 0 Å². The molecule has 0 bridgehead atoms. The number of fused-ring (bicyclic) bond motifs is 1. The fourth-order valence-electron chi connectivity index (χ4n) is 3.72. The van der Waals surface area contributed by atoms with E-state index in [4.69, 9.17) is 4.74 Å². The molecule has 0 radical (unpaired) electrons. The van der Waals surface area contributed by atoms with Crippen molar-refractivity contribution in [2.24, 2.45) is 0 Å². The lowest BCUT2D eigenvalue weighted by molar-refractivity contribution is 0.0600. The first-order valence-electron chi connectivity index (χ1n) is 10.4. The molecule has 6 nitrogen and oxygen atoms in total. The number of ketones is 1. The number of carbonyl (C=O) groups excluding carboxylic acids is 2. The molecule has 2 aromatic heterocycles. The second kappa shape index (κ2) is 8.51. The van der Waals surface area contributed by atoms with Crippen LogP contribution in [0, 0.1) is 0 Å². The van der Waals surface area contributed by atoms with Crippen LogP contribution in [0.5, 0.6) is 0 Å². The molecule has 0 spiro atoms. The lowest BCUT2D eigenvalue weighted by atomic mass is 10.0. The van der Waals surface area contributed by atoms with Gasteiger partial charge in [-0.2, -0.15) is 5.10 Å². The summed E-state index contributed by atoms with van der Waals surface area (Å²) in [5, 5.41) is 8.27. The predicted molar refractivity (Wildman–Crippen MR) is 126 cm³/mol. The minimum atomic E-state index is -0.376. The van der Waals surface area contributed by atoms with Crippen molar-refractivity contribution in [2.75, 3.05) is 7.11 Å². The summed E-state index contributed by atoms with van der Waals surface area (Å²) >= 11 is 0. The van der Waals surface area contributed by atoms with E-state index in [1.165, 1.54) is 7.11 Å². The van der Waals surface area contributed by atoms with Gasteiger partial charge in [-0.1, -0.05) is 66.7 Å². The van der Waals surface area contributed by atoms with E-state index in [0.717, 1.165) is 27.9 Å². The predicted octanol–water partition coefficient (Wildman–Crippen LogP) is 5.31. The maximum atomic E-state index is 12.6. The number of methoxy groups -OCH3 is 1. The van der Waals surface area contributed by atoms with Crippen molar-refractivity contribution in [3.05, 3.63) is 108 Å². The molecule has 0 atom stereocenters. The molecule has 0 unspecified atom stereocenters. The van der Waals surface area contributed by atoms with Crippen LogP contribution in [0.25, 0.3) is 33.5 Å². The molecule has 0 aliphatic rings. The molecule has 2 heterocycles. The highest BCUT2D eigenvalue weighted by atomic mass is 16.5. The van der Waals surface area contributed by atoms with Gasteiger partial charge in [-0.25, -0.2) is 9.78 Å². The highest BCUT2D eigenvalue weighted by molar-refractivity contribution is 6.09. The van der Waals surface area contributed by atoms with Crippen molar-refractivity contribution < 1.29 is 14.3 Å². The first-order valence-corrected chi connectivity index (χ1v) is 10.4. The number of benzene rings is 3. The second-order valence-corrected chi connectivity index (χ2v) is 7.51. The Hall–Kier alpha value is -4.58. The smallest absolute Gasteiger partial charge is 0.337 e. The summed E-state index contributed by atoms with van der Waals surface area (Å²) in [7, 11) is 1.36. The molecule has 160 valence electrons. The van der Waals surface area contributed by atoms with E-state index in [9.17, 15) is 9.59 Å². The van der Waals surface area contributed by atoms with Crippen LogP contribution in [-0.2, 0) is 4.74 Å². The Balaban J connectivity index is 1.41. The summed E-state index contributed by atoms with van der Waals surface area (Å²) < 4.78 is 4.75. The van der Waals surface area contributed by atoms with E-state index in [1.54, 1.807) is 12.1 Å². The molecule has 0 aliphatic carbocycles. The van der Waals surface area contributed by atoms with E-state index in [0.29, 0.717) is 22.3 Å². The molecule has 0 saturated carbocycles. The molecule has 6 heteroatoms. The number of aromatic nitrogens is 3. The number of hydrogen-bond donors (Lipinski definition) is 1. The van der Waals surface area contributed by atoms with E-state index in [2.05, 4.69) is 15.2 Å². The number of H-pyrrole nitrogens is 1. The zero-order valence-electron chi connectivity index (χ0n) is 17.8. The summed E-state index contributed by atoms with van der Waals surface area (Å²) in [6, 6.07) is 27.6. The zero-order chi connectivity index (χ0) is 22.8. The van der Waals surface area contributed by atoms with Crippen LogP contribution < -0.4 is 0 Å². The van der Waals surface area contributed by atoms with E-state index >= 15 is 0 Å². The van der Waals surface area contributed by atoms with E-state index in [1.807, 2.05) is 78.9 Å². The van der Waals surface area contributed by atoms with Gasteiger partial charge in [-0.3, -0.25) is 9.89 Å². The molecular formula is C27H19N3O3. The van der Waals surface area contributed by atoms with Crippen molar-refractivity contribution in [3.8, 4) is 22.5 Å². The Morgan fingerprint density at radius 3 is 2.06 bits per heavy atom. The molecule has 1 N–H and O–H groups in total. The fourth-order valence-corrected chi connectivity index (χ4v) is 3.72. The van der Waals surface area contributed by atoms with Crippen molar-refractivity contribution in [2.45, 2.75) is 0 Å².